The van der Waals surface area contributed by atoms with Gasteiger partial charge in [0.15, 0.2) is 6.23 Å². The number of nitrogens with zero attached hydrogens (tertiary/aromatic N) is 1. The minimum atomic E-state index is -1.12. The topological polar surface area (TPSA) is 114 Å². The highest BCUT2D eigenvalue weighted by Gasteiger charge is 2.45. The Kier molecular flexibility index (Phi) is 5.00. The molecule has 112 valence electrons. The molecule has 0 saturated carbocycles. The van der Waals surface area contributed by atoms with E-state index in [1.807, 2.05) is 6.26 Å². The number of ether oxygens (including phenoxy) is 2. The molecule has 20 heavy (non-hydrogen) atoms. The van der Waals surface area contributed by atoms with Gasteiger partial charge in [0.1, 0.15) is 18.3 Å². The Hall–Kier alpha value is -1.13. The van der Waals surface area contributed by atoms with Crippen LogP contribution in [-0.4, -0.2) is 56.9 Å². The smallest absolute Gasteiger partial charge is 0.330 e. The fraction of sp³-hybridized carbons (Fsp3) is 0.636. The molecule has 3 N–H and O–H groups in total. The molecule has 1 aromatic heterocycles. The van der Waals surface area contributed by atoms with Crippen LogP contribution in [0.4, 0.5) is 0 Å². The molecule has 1 aromatic rings. The van der Waals surface area contributed by atoms with Gasteiger partial charge in [-0.2, -0.15) is 0 Å². The molecule has 0 radical (unpaired) electrons. The highest BCUT2D eigenvalue weighted by Crippen LogP contribution is 2.30. The first-order valence-corrected chi connectivity index (χ1v) is 7.34. The second-order valence-electron chi connectivity index (χ2n) is 4.29. The van der Waals surface area contributed by atoms with E-state index in [-0.39, 0.29) is 6.61 Å². The van der Waals surface area contributed by atoms with Crippen molar-refractivity contribution in [3.63, 3.8) is 0 Å². The van der Waals surface area contributed by atoms with E-state index in [1.165, 1.54) is 18.0 Å². The first-order valence-electron chi connectivity index (χ1n) is 5.95. The second-order valence-corrected chi connectivity index (χ2v) is 5.11. The molecule has 0 bridgehead atoms. The lowest BCUT2D eigenvalue weighted by Crippen LogP contribution is -2.39. The van der Waals surface area contributed by atoms with Crippen molar-refractivity contribution in [3.05, 3.63) is 33.1 Å². The third-order valence-corrected chi connectivity index (χ3v) is 3.36. The van der Waals surface area contributed by atoms with E-state index in [4.69, 9.17) is 9.47 Å². The summed E-state index contributed by atoms with van der Waals surface area (Å²) < 4.78 is 11.9. The zero-order chi connectivity index (χ0) is 14.7. The Balaban J connectivity index is 2.25. The molecule has 8 nitrogen and oxygen atoms in total. The first-order chi connectivity index (χ1) is 9.58. The Morgan fingerprint density at radius 3 is 2.90 bits per heavy atom. The van der Waals surface area contributed by atoms with E-state index in [2.05, 4.69) is 4.98 Å². The number of rotatable bonds is 5. The van der Waals surface area contributed by atoms with Crippen LogP contribution in [0.3, 0.4) is 0 Å². The molecule has 1 saturated heterocycles. The number of H-pyrrole nitrogens is 1. The van der Waals surface area contributed by atoms with Gasteiger partial charge in [-0.25, -0.2) is 4.79 Å². The number of thioether (sulfide) groups is 1. The molecule has 0 amide bonds. The molecule has 4 atom stereocenters. The van der Waals surface area contributed by atoms with Crippen LogP contribution in [0.1, 0.15) is 6.23 Å². The fourth-order valence-electron chi connectivity index (χ4n) is 2.08. The van der Waals surface area contributed by atoms with Crippen molar-refractivity contribution in [2.24, 2.45) is 0 Å². The average Bonchev–Trinajstić information content (AvgIpc) is 2.73. The molecule has 2 heterocycles. The molecular weight excluding hydrogens is 288 g/mol. The second kappa shape index (κ2) is 6.55. The molecule has 0 unspecified atom stereocenters. The van der Waals surface area contributed by atoms with Gasteiger partial charge in [-0.3, -0.25) is 14.3 Å². The predicted molar refractivity (Wildman–Crippen MR) is 71.6 cm³/mol. The maximum atomic E-state index is 11.7. The molecule has 0 aromatic carbocycles. The summed E-state index contributed by atoms with van der Waals surface area (Å²) in [5.74, 6) is 0.328. The zero-order valence-electron chi connectivity index (χ0n) is 10.8. The summed E-state index contributed by atoms with van der Waals surface area (Å²) in [6.07, 6.45) is -0.538. The van der Waals surface area contributed by atoms with Gasteiger partial charge >= 0.3 is 5.69 Å². The molecule has 1 fully saturated rings. The van der Waals surface area contributed by atoms with Crippen molar-refractivity contribution in [1.82, 2.24) is 9.55 Å². The van der Waals surface area contributed by atoms with Crippen LogP contribution in [0.25, 0.3) is 0 Å². The molecule has 0 aliphatic carbocycles. The van der Waals surface area contributed by atoms with E-state index < -0.39 is 35.8 Å². The Labute approximate surface area is 118 Å². The van der Waals surface area contributed by atoms with Crippen molar-refractivity contribution >= 4 is 11.8 Å². The van der Waals surface area contributed by atoms with Crippen LogP contribution in [0.15, 0.2) is 21.9 Å². The maximum absolute atomic E-state index is 11.7. The number of hydrogen-bond acceptors (Lipinski definition) is 7. The van der Waals surface area contributed by atoms with Gasteiger partial charge in [0.25, 0.3) is 5.56 Å². The molecule has 0 spiro atoms. The molecule has 1 aliphatic rings. The van der Waals surface area contributed by atoms with Gasteiger partial charge in [0.05, 0.1) is 12.5 Å². The van der Waals surface area contributed by atoms with Gasteiger partial charge < -0.3 is 19.7 Å². The highest BCUT2D eigenvalue weighted by atomic mass is 32.2. The lowest BCUT2D eigenvalue weighted by Gasteiger charge is -2.19. The standard InChI is InChI=1S/C11H16N2O6S/c1-20-5-18-9-6(4-14)19-10(8(9)16)13-3-2-7(15)12-11(13)17/h2-3,6,8-10,14,16H,4-5H2,1H3,(H,12,15,17)/t6-,8-,9-,10-/m1/s1. The summed E-state index contributed by atoms with van der Waals surface area (Å²) >= 11 is 1.42. The highest BCUT2D eigenvalue weighted by molar-refractivity contribution is 7.98. The van der Waals surface area contributed by atoms with Crippen LogP contribution in [-0.2, 0) is 9.47 Å². The van der Waals surface area contributed by atoms with Gasteiger partial charge in [-0.05, 0) is 6.26 Å². The van der Waals surface area contributed by atoms with E-state index in [0.29, 0.717) is 5.94 Å². The van der Waals surface area contributed by atoms with E-state index >= 15 is 0 Å². The lowest BCUT2D eigenvalue weighted by molar-refractivity contribution is -0.0577. The predicted octanol–water partition coefficient (Wildman–Crippen LogP) is -1.51. The summed E-state index contributed by atoms with van der Waals surface area (Å²) in [5.41, 5.74) is -1.23. The fourth-order valence-corrected chi connectivity index (χ4v) is 2.37. The van der Waals surface area contributed by atoms with Crippen molar-refractivity contribution in [3.8, 4) is 0 Å². The Morgan fingerprint density at radius 1 is 1.55 bits per heavy atom. The van der Waals surface area contributed by atoms with Crippen molar-refractivity contribution in [1.29, 1.82) is 0 Å². The van der Waals surface area contributed by atoms with E-state index in [9.17, 15) is 19.8 Å². The third-order valence-electron chi connectivity index (χ3n) is 2.99. The van der Waals surface area contributed by atoms with Crippen LogP contribution >= 0.6 is 11.8 Å². The van der Waals surface area contributed by atoms with Crippen molar-refractivity contribution in [2.45, 2.75) is 24.5 Å². The Morgan fingerprint density at radius 2 is 2.30 bits per heavy atom. The number of nitrogens with one attached hydrogen (secondary N) is 1. The number of aromatic amines is 1. The number of aromatic nitrogens is 2. The Bertz CT molecular complexity index is 558. The summed E-state index contributed by atoms with van der Waals surface area (Å²) in [5, 5.41) is 19.5. The minimum Gasteiger partial charge on any atom is -0.394 e. The first kappa shape index (κ1) is 15.3. The summed E-state index contributed by atoms with van der Waals surface area (Å²) in [6, 6.07) is 1.15. The van der Waals surface area contributed by atoms with E-state index in [1.54, 1.807) is 0 Å². The summed E-state index contributed by atoms with van der Waals surface area (Å²) in [6.45, 7) is -0.343. The average molecular weight is 304 g/mol. The number of aliphatic hydroxyl groups is 2. The minimum absolute atomic E-state index is 0.328. The van der Waals surface area contributed by atoms with E-state index in [0.717, 1.165) is 10.6 Å². The quantitative estimate of drug-likeness (QED) is 0.567. The van der Waals surface area contributed by atoms with Crippen LogP contribution in [0.5, 0.6) is 0 Å². The summed E-state index contributed by atoms with van der Waals surface area (Å²) in [4.78, 5) is 24.8. The van der Waals surface area contributed by atoms with Crippen LogP contribution < -0.4 is 11.2 Å². The van der Waals surface area contributed by atoms with Crippen molar-refractivity contribution < 1.29 is 19.7 Å². The monoisotopic (exact) mass is 304 g/mol. The zero-order valence-corrected chi connectivity index (χ0v) is 11.6. The third kappa shape index (κ3) is 2.96. The maximum Gasteiger partial charge on any atom is 0.330 e. The normalized spacial score (nSPS) is 29.8. The molecule has 2 rings (SSSR count). The van der Waals surface area contributed by atoms with Gasteiger partial charge in [0, 0.05) is 12.3 Å². The summed E-state index contributed by atoms with van der Waals surface area (Å²) in [7, 11) is 0. The van der Waals surface area contributed by atoms with Gasteiger partial charge in [-0.1, -0.05) is 0 Å². The number of aliphatic hydroxyl groups excluding tert-OH is 2. The van der Waals surface area contributed by atoms with Gasteiger partial charge in [-0.15, -0.1) is 11.8 Å². The molecule has 9 heteroatoms. The largest absolute Gasteiger partial charge is 0.394 e. The lowest BCUT2D eigenvalue weighted by atomic mass is 10.1. The number of hydrogen-bond donors (Lipinski definition) is 3. The molecular formula is C11H16N2O6S. The van der Waals surface area contributed by atoms with Crippen LogP contribution in [0.2, 0.25) is 0 Å². The SMILES string of the molecule is CSCO[C@H]1[C@@H](O)[C@H](n2ccc(=O)[nH]c2=O)O[C@@H]1CO. The van der Waals surface area contributed by atoms with Crippen LogP contribution in [0, 0.1) is 0 Å². The van der Waals surface area contributed by atoms with Gasteiger partial charge in [0.2, 0.25) is 0 Å². The molecule has 1 aliphatic heterocycles. The van der Waals surface area contributed by atoms with Crippen molar-refractivity contribution in [2.75, 3.05) is 18.8 Å².